The van der Waals surface area contributed by atoms with Gasteiger partial charge in [-0.25, -0.2) is 0 Å². The van der Waals surface area contributed by atoms with Crippen LogP contribution in [0.15, 0.2) is 84.9 Å². The highest BCUT2D eigenvalue weighted by Gasteiger charge is 2.43. The normalized spacial score (nSPS) is 19.9. The van der Waals surface area contributed by atoms with E-state index in [1.54, 1.807) is 4.90 Å². The van der Waals surface area contributed by atoms with Crippen molar-refractivity contribution in [1.82, 2.24) is 24.6 Å². The van der Waals surface area contributed by atoms with E-state index in [0.717, 1.165) is 67.8 Å². The summed E-state index contributed by atoms with van der Waals surface area (Å²) in [4.78, 5) is 34.1. The molecular weight excluding hydrogens is 510 g/mol. The lowest BCUT2D eigenvalue weighted by atomic mass is 9.81. The van der Waals surface area contributed by atoms with Gasteiger partial charge in [-0.2, -0.15) is 0 Å². The number of hydrogen-bond donors (Lipinski definition) is 1. The van der Waals surface area contributed by atoms with Crippen molar-refractivity contribution in [3.05, 3.63) is 107 Å². The van der Waals surface area contributed by atoms with Gasteiger partial charge in [-0.05, 0) is 47.7 Å². The number of hydrogen-bond acceptors (Lipinski definition) is 4. The second-order valence-electron chi connectivity index (χ2n) is 11.4. The van der Waals surface area contributed by atoms with Crippen molar-refractivity contribution < 1.29 is 9.59 Å². The van der Waals surface area contributed by atoms with Gasteiger partial charge in [0.1, 0.15) is 0 Å². The van der Waals surface area contributed by atoms with Gasteiger partial charge in [0, 0.05) is 70.1 Å². The standard InChI is InChI=1S/C34H39N5O2/c1-36-29-16-9-6-13-26(29)23-30(36)32-31(27-14-7-8-15-28(27)34(41)37(32)2)33(40)35-17-10-18-38-19-21-39(22-20-38)24-25-11-4-3-5-12-25/h3-9,11-16,23,31-32H,10,17-22,24H2,1-2H3,(H,35,40). The Hall–Kier alpha value is -3.94. The van der Waals surface area contributed by atoms with Crippen LogP contribution in [0.5, 0.6) is 0 Å². The van der Waals surface area contributed by atoms with Crippen LogP contribution in [-0.4, -0.2) is 77.4 Å². The Morgan fingerprint density at radius 2 is 1.54 bits per heavy atom. The Balaban J connectivity index is 1.11. The van der Waals surface area contributed by atoms with Gasteiger partial charge in [0.2, 0.25) is 5.91 Å². The molecular formula is C34H39N5O2. The number of amides is 2. The average Bonchev–Trinajstić information content (AvgIpc) is 3.34. The average molecular weight is 550 g/mol. The molecule has 2 atom stereocenters. The van der Waals surface area contributed by atoms with Gasteiger partial charge < -0.3 is 19.7 Å². The molecule has 4 aromatic rings. The van der Waals surface area contributed by atoms with Gasteiger partial charge in [-0.15, -0.1) is 0 Å². The monoisotopic (exact) mass is 549 g/mol. The van der Waals surface area contributed by atoms with Gasteiger partial charge in [0.25, 0.3) is 5.91 Å². The summed E-state index contributed by atoms with van der Waals surface area (Å²) < 4.78 is 2.12. The lowest BCUT2D eigenvalue weighted by molar-refractivity contribution is -0.124. The predicted molar refractivity (Wildman–Crippen MR) is 163 cm³/mol. The molecule has 1 saturated heterocycles. The first-order valence-corrected chi connectivity index (χ1v) is 14.7. The van der Waals surface area contributed by atoms with Crippen molar-refractivity contribution in [3.8, 4) is 0 Å². The molecule has 6 rings (SSSR count). The highest BCUT2D eigenvalue weighted by atomic mass is 16.2. The van der Waals surface area contributed by atoms with E-state index in [1.807, 2.05) is 50.5 Å². The first-order valence-electron chi connectivity index (χ1n) is 14.7. The maximum absolute atomic E-state index is 13.9. The predicted octanol–water partition coefficient (Wildman–Crippen LogP) is 4.41. The van der Waals surface area contributed by atoms with E-state index in [4.69, 9.17) is 0 Å². The zero-order valence-corrected chi connectivity index (χ0v) is 24.0. The van der Waals surface area contributed by atoms with Crippen LogP contribution >= 0.6 is 0 Å². The minimum atomic E-state index is -0.488. The maximum atomic E-state index is 13.9. The Kier molecular flexibility index (Phi) is 7.90. The van der Waals surface area contributed by atoms with Gasteiger partial charge in [-0.3, -0.25) is 14.5 Å². The number of para-hydroxylation sites is 1. The summed E-state index contributed by atoms with van der Waals surface area (Å²) in [6.07, 6.45) is 0.895. The summed E-state index contributed by atoms with van der Waals surface area (Å²) in [5.74, 6) is -0.565. The molecule has 212 valence electrons. The lowest BCUT2D eigenvalue weighted by Crippen LogP contribution is -2.47. The number of carbonyl (C=O) groups is 2. The maximum Gasteiger partial charge on any atom is 0.254 e. The van der Waals surface area contributed by atoms with Gasteiger partial charge in [-0.1, -0.05) is 66.7 Å². The van der Waals surface area contributed by atoms with Crippen molar-refractivity contribution in [3.63, 3.8) is 0 Å². The number of fused-ring (bicyclic) bond motifs is 2. The first-order chi connectivity index (χ1) is 20.0. The first kappa shape index (κ1) is 27.2. The SMILES string of the molecule is CN1C(=O)c2ccccc2C(C(=O)NCCCN2CCN(Cc3ccccc3)CC2)C1c1cc2ccccc2n1C. The number of piperazine rings is 1. The number of likely N-dealkylation sites (N-methyl/N-ethyl adjacent to an activating group) is 1. The summed E-state index contributed by atoms with van der Waals surface area (Å²) in [6.45, 7) is 6.80. The Bertz CT molecular complexity index is 1520. The van der Waals surface area contributed by atoms with Crippen LogP contribution in [0.1, 0.15) is 45.6 Å². The number of nitrogens with one attached hydrogen (secondary N) is 1. The van der Waals surface area contributed by atoms with Crippen LogP contribution in [0.2, 0.25) is 0 Å². The third kappa shape index (κ3) is 5.52. The fourth-order valence-corrected chi connectivity index (χ4v) is 6.56. The van der Waals surface area contributed by atoms with E-state index in [9.17, 15) is 9.59 Å². The summed E-state index contributed by atoms with van der Waals surface area (Å²) in [5, 5.41) is 4.34. The fourth-order valence-electron chi connectivity index (χ4n) is 6.56. The molecule has 0 spiro atoms. The van der Waals surface area contributed by atoms with Crippen LogP contribution in [0.4, 0.5) is 0 Å². The zero-order valence-electron chi connectivity index (χ0n) is 24.0. The van der Waals surface area contributed by atoms with Crippen molar-refractivity contribution in [2.45, 2.75) is 24.9 Å². The van der Waals surface area contributed by atoms with E-state index in [2.05, 4.69) is 68.2 Å². The van der Waals surface area contributed by atoms with E-state index in [0.29, 0.717) is 12.1 Å². The number of carbonyl (C=O) groups excluding carboxylic acids is 2. The molecule has 7 nitrogen and oxygen atoms in total. The largest absolute Gasteiger partial charge is 0.355 e. The topological polar surface area (TPSA) is 60.8 Å². The van der Waals surface area contributed by atoms with Gasteiger partial charge in [0.05, 0.1) is 12.0 Å². The fraction of sp³-hybridized carbons (Fsp3) is 0.353. The highest BCUT2D eigenvalue weighted by Crippen LogP contribution is 2.43. The third-order valence-electron chi connectivity index (χ3n) is 8.82. The van der Waals surface area contributed by atoms with Crippen LogP contribution in [0.3, 0.4) is 0 Å². The molecule has 0 aliphatic carbocycles. The molecule has 0 saturated carbocycles. The molecule has 0 bridgehead atoms. The molecule has 0 radical (unpaired) electrons. The molecule has 1 N–H and O–H groups in total. The summed E-state index contributed by atoms with van der Waals surface area (Å²) in [5.41, 5.74) is 4.83. The lowest BCUT2D eigenvalue weighted by Gasteiger charge is -2.39. The van der Waals surface area contributed by atoms with Crippen molar-refractivity contribution >= 4 is 22.7 Å². The molecule has 3 aromatic carbocycles. The zero-order chi connectivity index (χ0) is 28.3. The quantitative estimate of drug-likeness (QED) is 0.331. The van der Waals surface area contributed by atoms with Crippen LogP contribution < -0.4 is 5.32 Å². The molecule has 2 amide bonds. The number of aromatic nitrogens is 1. The molecule has 1 aromatic heterocycles. The third-order valence-corrected chi connectivity index (χ3v) is 8.82. The smallest absolute Gasteiger partial charge is 0.254 e. The second kappa shape index (κ2) is 11.9. The molecule has 7 heteroatoms. The van der Waals surface area contributed by atoms with E-state index < -0.39 is 12.0 Å². The summed E-state index contributed by atoms with van der Waals surface area (Å²) in [6, 6.07) is 28.1. The molecule has 1 fully saturated rings. The van der Waals surface area contributed by atoms with E-state index in [-0.39, 0.29) is 11.8 Å². The molecule has 41 heavy (non-hydrogen) atoms. The summed E-state index contributed by atoms with van der Waals surface area (Å²) in [7, 11) is 3.84. The summed E-state index contributed by atoms with van der Waals surface area (Å²) >= 11 is 0. The van der Waals surface area contributed by atoms with E-state index >= 15 is 0 Å². The molecule has 2 aliphatic rings. The number of benzene rings is 3. The van der Waals surface area contributed by atoms with E-state index in [1.165, 1.54) is 5.56 Å². The number of rotatable bonds is 8. The Morgan fingerprint density at radius 1 is 0.854 bits per heavy atom. The van der Waals surface area contributed by atoms with Crippen LogP contribution in [0, 0.1) is 0 Å². The van der Waals surface area contributed by atoms with Crippen LogP contribution in [-0.2, 0) is 18.4 Å². The van der Waals surface area contributed by atoms with Crippen LogP contribution in [0.25, 0.3) is 10.9 Å². The highest BCUT2D eigenvalue weighted by molar-refractivity contribution is 6.01. The minimum Gasteiger partial charge on any atom is -0.355 e. The molecule has 3 heterocycles. The molecule has 2 unspecified atom stereocenters. The Morgan fingerprint density at radius 3 is 2.32 bits per heavy atom. The second-order valence-corrected chi connectivity index (χ2v) is 11.4. The number of aryl methyl sites for hydroxylation is 1. The van der Waals surface area contributed by atoms with Crippen molar-refractivity contribution in [2.24, 2.45) is 7.05 Å². The van der Waals surface area contributed by atoms with Crippen molar-refractivity contribution in [1.29, 1.82) is 0 Å². The molecule has 2 aliphatic heterocycles. The number of nitrogens with zero attached hydrogens (tertiary/aromatic N) is 4. The van der Waals surface area contributed by atoms with Crippen molar-refractivity contribution in [2.75, 3.05) is 46.3 Å². The van der Waals surface area contributed by atoms with Gasteiger partial charge >= 0.3 is 0 Å². The Labute approximate surface area is 242 Å². The van der Waals surface area contributed by atoms with Gasteiger partial charge in [0.15, 0.2) is 0 Å². The minimum absolute atomic E-state index is 0.0280.